The van der Waals surface area contributed by atoms with E-state index in [0.717, 1.165) is 12.8 Å². The van der Waals surface area contributed by atoms with Gasteiger partial charge < -0.3 is 9.47 Å². The fraction of sp³-hybridized carbons (Fsp3) is 0.643. The standard InChI is InChI=1S/C14H21N3O4S/c1-16(2)22(18,19)17-10-13(14-12(17)6-4-8-20-14)21-11-5-3-7-15-9-11/h3,5,7,9,12-14H,4,6,8,10H2,1-2H3/t12-,13+,14+/m1/s1. The minimum Gasteiger partial charge on any atom is -0.485 e. The summed E-state index contributed by atoms with van der Waals surface area (Å²) in [4.78, 5) is 4.02. The monoisotopic (exact) mass is 327 g/mol. The molecule has 0 unspecified atom stereocenters. The summed E-state index contributed by atoms with van der Waals surface area (Å²) in [6.45, 7) is 0.939. The molecule has 0 bridgehead atoms. The molecular formula is C14H21N3O4S. The lowest BCUT2D eigenvalue weighted by atomic mass is 10.0. The van der Waals surface area contributed by atoms with Crippen molar-refractivity contribution in [3.8, 4) is 5.75 Å². The van der Waals surface area contributed by atoms with E-state index < -0.39 is 10.2 Å². The number of aromatic nitrogens is 1. The van der Waals surface area contributed by atoms with Crippen molar-refractivity contribution in [1.82, 2.24) is 13.6 Å². The molecule has 2 saturated heterocycles. The lowest BCUT2D eigenvalue weighted by Crippen LogP contribution is -2.47. The molecule has 8 heteroatoms. The largest absolute Gasteiger partial charge is 0.485 e. The number of ether oxygens (including phenoxy) is 2. The van der Waals surface area contributed by atoms with Crippen molar-refractivity contribution in [1.29, 1.82) is 0 Å². The van der Waals surface area contributed by atoms with E-state index in [4.69, 9.17) is 9.47 Å². The van der Waals surface area contributed by atoms with Gasteiger partial charge in [-0.25, -0.2) is 0 Å². The van der Waals surface area contributed by atoms with E-state index >= 15 is 0 Å². The lowest BCUT2D eigenvalue weighted by Gasteiger charge is -2.32. The van der Waals surface area contributed by atoms with Crippen molar-refractivity contribution < 1.29 is 17.9 Å². The molecule has 2 aliphatic rings. The van der Waals surface area contributed by atoms with E-state index in [0.29, 0.717) is 18.9 Å². The maximum absolute atomic E-state index is 12.5. The normalized spacial score (nSPS) is 29.5. The summed E-state index contributed by atoms with van der Waals surface area (Å²) in [5, 5.41) is 0. The Kier molecular flexibility index (Phi) is 4.35. The summed E-state index contributed by atoms with van der Waals surface area (Å²) in [6.07, 6.45) is 4.41. The van der Waals surface area contributed by atoms with Gasteiger partial charge in [-0.2, -0.15) is 17.0 Å². The minimum absolute atomic E-state index is 0.164. The van der Waals surface area contributed by atoms with Gasteiger partial charge in [0.2, 0.25) is 0 Å². The summed E-state index contributed by atoms with van der Waals surface area (Å²) in [5.74, 6) is 0.629. The topological polar surface area (TPSA) is 72.0 Å². The van der Waals surface area contributed by atoms with Gasteiger partial charge in [-0.15, -0.1) is 0 Å². The van der Waals surface area contributed by atoms with E-state index in [-0.39, 0.29) is 18.2 Å². The van der Waals surface area contributed by atoms with Gasteiger partial charge in [0.1, 0.15) is 18.0 Å². The molecule has 2 aliphatic heterocycles. The zero-order valence-electron chi connectivity index (χ0n) is 12.8. The molecule has 3 heterocycles. The molecule has 122 valence electrons. The summed E-state index contributed by atoms with van der Waals surface area (Å²) >= 11 is 0. The lowest BCUT2D eigenvalue weighted by molar-refractivity contribution is -0.0419. The first-order valence-corrected chi connectivity index (χ1v) is 8.77. The van der Waals surface area contributed by atoms with E-state index in [1.54, 1.807) is 32.6 Å². The van der Waals surface area contributed by atoms with E-state index in [2.05, 4.69) is 4.98 Å². The molecular weight excluding hydrogens is 306 g/mol. The number of nitrogens with zero attached hydrogens (tertiary/aromatic N) is 3. The maximum Gasteiger partial charge on any atom is 0.281 e. The Morgan fingerprint density at radius 3 is 2.95 bits per heavy atom. The summed E-state index contributed by atoms with van der Waals surface area (Å²) in [6, 6.07) is 3.44. The Morgan fingerprint density at radius 2 is 2.27 bits per heavy atom. The van der Waals surface area contributed by atoms with Crippen LogP contribution < -0.4 is 4.74 Å². The smallest absolute Gasteiger partial charge is 0.281 e. The zero-order chi connectivity index (χ0) is 15.7. The number of hydrogen-bond donors (Lipinski definition) is 0. The summed E-state index contributed by atoms with van der Waals surface area (Å²) < 4.78 is 39.5. The summed E-state index contributed by atoms with van der Waals surface area (Å²) in [5.41, 5.74) is 0. The fourth-order valence-electron chi connectivity index (χ4n) is 3.04. The van der Waals surface area contributed by atoms with Gasteiger partial charge in [0.25, 0.3) is 10.2 Å². The quantitative estimate of drug-likeness (QED) is 0.805. The predicted molar refractivity (Wildman–Crippen MR) is 80.7 cm³/mol. The van der Waals surface area contributed by atoms with Crippen molar-refractivity contribution in [3.05, 3.63) is 24.5 Å². The zero-order valence-corrected chi connectivity index (χ0v) is 13.6. The Hall–Kier alpha value is -1.22. The predicted octanol–water partition coefficient (Wildman–Crippen LogP) is 0.499. The highest BCUT2D eigenvalue weighted by atomic mass is 32.2. The Balaban J connectivity index is 1.83. The molecule has 7 nitrogen and oxygen atoms in total. The Labute approximate surface area is 131 Å². The second kappa shape index (κ2) is 6.11. The molecule has 0 spiro atoms. The third-order valence-corrected chi connectivity index (χ3v) is 6.05. The third-order valence-electron chi connectivity index (χ3n) is 4.11. The van der Waals surface area contributed by atoms with Crippen molar-refractivity contribution >= 4 is 10.2 Å². The van der Waals surface area contributed by atoms with Gasteiger partial charge in [-0.1, -0.05) is 0 Å². The second-order valence-corrected chi connectivity index (χ2v) is 7.84. The molecule has 0 aromatic carbocycles. The van der Waals surface area contributed by atoms with Crippen LogP contribution >= 0.6 is 0 Å². The van der Waals surface area contributed by atoms with E-state index in [9.17, 15) is 8.42 Å². The van der Waals surface area contributed by atoms with Crippen LogP contribution in [-0.2, 0) is 14.9 Å². The molecule has 0 N–H and O–H groups in total. The minimum atomic E-state index is -3.48. The van der Waals surface area contributed by atoms with Gasteiger partial charge in [-0.3, -0.25) is 4.98 Å². The van der Waals surface area contributed by atoms with Crippen LogP contribution in [0.1, 0.15) is 12.8 Å². The molecule has 1 aromatic heterocycles. The highest BCUT2D eigenvalue weighted by Gasteiger charge is 2.50. The average Bonchev–Trinajstić information content (AvgIpc) is 2.88. The fourth-order valence-corrected chi connectivity index (χ4v) is 4.36. The molecule has 2 fully saturated rings. The van der Waals surface area contributed by atoms with Crippen LogP contribution in [0.25, 0.3) is 0 Å². The van der Waals surface area contributed by atoms with Gasteiger partial charge in [0.05, 0.1) is 18.8 Å². The molecule has 3 rings (SSSR count). The van der Waals surface area contributed by atoms with Crippen molar-refractivity contribution in [2.45, 2.75) is 31.1 Å². The van der Waals surface area contributed by atoms with Crippen LogP contribution in [0.5, 0.6) is 5.75 Å². The van der Waals surface area contributed by atoms with Gasteiger partial charge in [0, 0.05) is 26.9 Å². The van der Waals surface area contributed by atoms with Gasteiger partial charge in [0.15, 0.2) is 0 Å². The summed E-state index contributed by atoms with van der Waals surface area (Å²) in [7, 11) is -0.391. The van der Waals surface area contributed by atoms with E-state index in [1.165, 1.54) is 8.61 Å². The first-order chi connectivity index (χ1) is 10.5. The van der Waals surface area contributed by atoms with Crippen LogP contribution in [-0.4, -0.2) is 67.5 Å². The highest BCUT2D eigenvalue weighted by molar-refractivity contribution is 7.86. The SMILES string of the molecule is CN(C)S(=O)(=O)N1C[C@H](Oc2cccnc2)[C@H]2OCCC[C@H]21. The van der Waals surface area contributed by atoms with Gasteiger partial charge in [-0.05, 0) is 25.0 Å². The van der Waals surface area contributed by atoms with E-state index in [1.807, 2.05) is 6.07 Å². The highest BCUT2D eigenvalue weighted by Crippen LogP contribution is 2.33. The first kappa shape index (κ1) is 15.7. The number of pyridine rings is 1. The third kappa shape index (κ3) is 2.83. The van der Waals surface area contributed by atoms with Crippen LogP contribution in [0.3, 0.4) is 0 Å². The number of rotatable bonds is 4. The van der Waals surface area contributed by atoms with Crippen molar-refractivity contribution in [2.75, 3.05) is 27.2 Å². The first-order valence-electron chi connectivity index (χ1n) is 7.38. The van der Waals surface area contributed by atoms with Crippen LogP contribution in [0, 0.1) is 0 Å². The molecule has 22 heavy (non-hydrogen) atoms. The molecule has 0 saturated carbocycles. The van der Waals surface area contributed by atoms with Crippen molar-refractivity contribution in [3.63, 3.8) is 0 Å². The van der Waals surface area contributed by atoms with Crippen molar-refractivity contribution in [2.24, 2.45) is 0 Å². The molecule has 0 radical (unpaired) electrons. The molecule has 0 aliphatic carbocycles. The van der Waals surface area contributed by atoms with Crippen LogP contribution in [0.15, 0.2) is 24.5 Å². The maximum atomic E-state index is 12.5. The Morgan fingerprint density at radius 1 is 1.45 bits per heavy atom. The van der Waals surface area contributed by atoms with Gasteiger partial charge >= 0.3 is 0 Å². The van der Waals surface area contributed by atoms with Crippen LogP contribution in [0.2, 0.25) is 0 Å². The molecule has 3 atom stereocenters. The molecule has 1 aromatic rings. The Bertz CT molecular complexity index is 608. The average molecular weight is 327 g/mol. The second-order valence-electron chi connectivity index (χ2n) is 5.75. The van der Waals surface area contributed by atoms with Crippen LogP contribution in [0.4, 0.5) is 0 Å². The number of hydrogen-bond acceptors (Lipinski definition) is 5. The molecule has 0 amide bonds. The number of fused-ring (bicyclic) bond motifs is 1.